The van der Waals surface area contributed by atoms with E-state index in [1.807, 2.05) is 18.2 Å². The lowest BCUT2D eigenvalue weighted by atomic mass is 9.93. The van der Waals surface area contributed by atoms with E-state index >= 15 is 0 Å². The van der Waals surface area contributed by atoms with E-state index in [1.165, 1.54) is 32.6 Å². The Morgan fingerprint density at radius 3 is 2.19 bits per heavy atom. The molecule has 1 heterocycles. The molecule has 1 aliphatic rings. The van der Waals surface area contributed by atoms with Gasteiger partial charge in [-0.15, -0.1) is 0 Å². The Bertz CT molecular complexity index is 2140. The number of hydrogen-bond acceptors (Lipinski definition) is 11. The summed E-state index contributed by atoms with van der Waals surface area (Å²) < 4.78 is 12.1. The minimum atomic E-state index is -1.53. The van der Waals surface area contributed by atoms with Crippen LogP contribution in [-0.2, 0) is 36.8 Å². The first-order valence-corrected chi connectivity index (χ1v) is 21.5. The van der Waals surface area contributed by atoms with E-state index in [4.69, 9.17) is 31.9 Å². The monoisotopic (exact) mass is 867 g/mol. The molecule has 11 N–H and O–H groups in total. The number of carbonyl (C=O) groups excluding carboxylic acids is 6. The summed E-state index contributed by atoms with van der Waals surface area (Å²) >= 11 is 0. The molecule has 0 aliphatic carbocycles. The van der Waals surface area contributed by atoms with Crippen LogP contribution in [0.1, 0.15) is 97.4 Å². The molecular weight excluding hydrogens is 807 g/mol. The Morgan fingerprint density at radius 2 is 1.54 bits per heavy atom. The van der Waals surface area contributed by atoms with Crippen molar-refractivity contribution in [1.82, 2.24) is 26.6 Å². The Morgan fingerprint density at radius 1 is 0.873 bits per heavy atom. The van der Waals surface area contributed by atoms with Gasteiger partial charge in [-0.05, 0) is 79.3 Å². The molecule has 63 heavy (non-hydrogen) atoms. The van der Waals surface area contributed by atoms with Crippen LogP contribution in [0.2, 0.25) is 0 Å². The van der Waals surface area contributed by atoms with Gasteiger partial charge in [0.2, 0.25) is 29.5 Å². The third-order valence-corrected chi connectivity index (χ3v) is 10.5. The zero-order chi connectivity index (χ0) is 45.9. The van der Waals surface area contributed by atoms with Crippen LogP contribution >= 0.6 is 0 Å². The van der Waals surface area contributed by atoms with Crippen LogP contribution in [0.3, 0.4) is 0 Å². The number of unbranched alkanes of at least 4 members (excludes halogenated alkanes) is 5. The number of nitrogens with zero attached hydrogens (tertiary/aromatic N) is 1. The van der Waals surface area contributed by atoms with Gasteiger partial charge in [0.05, 0.1) is 12.5 Å². The average Bonchev–Trinajstić information content (AvgIpc) is 3.26. The first-order valence-electron chi connectivity index (χ1n) is 21.5. The average molecular weight is 868 g/mol. The predicted octanol–water partition coefficient (Wildman–Crippen LogP) is 2.26. The largest absolute Gasteiger partial charge is 0.492 e. The first-order chi connectivity index (χ1) is 30.3. The SMILES string of the molecule is CCCCCCCCc1ccc(C(=O)NC(CC(N)=O)C(=O)N[C@@H]2C(=O)N[C@@H](C)C(=O)N[C@H](C(=O)NCC#N)Cc3ccc(OCCN)c(c3)-c3cc2ccc3OCCN)c(C)c1. The standard InChI is InChI=1S/C46H61N9O8/c1-4-5-6-7-8-9-10-30-11-14-33(28(2)23-30)43(58)54-37(27-40(50)56)45(60)55-41-32-13-16-39(63-22-19-49)35(26-32)34-24-31(12-15-38(34)62-21-18-48)25-36(44(59)51-20-17-47)53-42(57)29(3)52-46(41)61/h11-16,23-24,26,29,36-37,41H,4-10,18-22,25,27,48-49H2,1-3H3,(H2,50,56)(H,51,59)(H,52,61)(H,53,57)(H,54,58)(H,55,60)/t29-,36-,37?,41-/m0/s1. The highest BCUT2D eigenvalue weighted by Crippen LogP contribution is 2.39. The number of carbonyl (C=O) groups is 6. The van der Waals surface area contributed by atoms with E-state index in [0.717, 1.165) is 24.8 Å². The molecule has 1 aliphatic heterocycles. The molecule has 17 nitrogen and oxygen atoms in total. The zero-order valence-electron chi connectivity index (χ0n) is 36.4. The number of benzene rings is 3. The number of primary amides is 1. The number of nitrogens with two attached hydrogens (primary N) is 3. The van der Waals surface area contributed by atoms with Gasteiger partial charge >= 0.3 is 0 Å². The summed E-state index contributed by atoms with van der Waals surface area (Å²) in [6.07, 6.45) is 7.17. The van der Waals surface area contributed by atoms with Crippen molar-refractivity contribution in [2.24, 2.45) is 17.2 Å². The van der Waals surface area contributed by atoms with Crippen LogP contribution in [0.15, 0.2) is 54.6 Å². The third-order valence-electron chi connectivity index (χ3n) is 10.5. The highest BCUT2D eigenvalue weighted by molar-refractivity contribution is 6.01. The molecule has 4 atom stereocenters. The maximum Gasteiger partial charge on any atom is 0.252 e. The van der Waals surface area contributed by atoms with Crippen LogP contribution < -0.4 is 53.3 Å². The Kier molecular flexibility index (Phi) is 19.4. The minimum absolute atomic E-state index is 0.0129. The van der Waals surface area contributed by atoms with Crippen molar-refractivity contribution in [3.8, 4) is 28.7 Å². The van der Waals surface area contributed by atoms with Crippen molar-refractivity contribution in [2.75, 3.05) is 32.8 Å². The fourth-order valence-electron chi connectivity index (χ4n) is 7.23. The van der Waals surface area contributed by atoms with Crippen LogP contribution in [0.5, 0.6) is 11.5 Å². The third kappa shape index (κ3) is 14.5. The molecule has 6 amide bonds. The van der Waals surface area contributed by atoms with E-state index in [9.17, 15) is 28.8 Å². The molecule has 0 saturated carbocycles. The summed E-state index contributed by atoms with van der Waals surface area (Å²) in [7, 11) is 0. The van der Waals surface area contributed by atoms with E-state index in [2.05, 4.69) is 33.5 Å². The molecule has 4 bridgehead atoms. The fourth-order valence-corrected chi connectivity index (χ4v) is 7.23. The second-order valence-corrected chi connectivity index (χ2v) is 15.5. The van der Waals surface area contributed by atoms with E-state index < -0.39 is 66.0 Å². The summed E-state index contributed by atoms with van der Waals surface area (Å²) in [4.78, 5) is 81.5. The van der Waals surface area contributed by atoms with Gasteiger partial charge in [0.25, 0.3) is 5.91 Å². The second-order valence-electron chi connectivity index (χ2n) is 15.5. The Labute approximate surface area is 368 Å². The highest BCUT2D eigenvalue weighted by Gasteiger charge is 2.33. The van der Waals surface area contributed by atoms with Crippen molar-refractivity contribution in [3.63, 3.8) is 0 Å². The van der Waals surface area contributed by atoms with E-state index in [1.54, 1.807) is 49.4 Å². The molecule has 0 fully saturated rings. The fraction of sp³-hybridized carbons (Fsp3) is 0.457. The van der Waals surface area contributed by atoms with Gasteiger partial charge < -0.3 is 53.3 Å². The quantitative estimate of drug-likeness (QED) is 0.0568. The number of rotatable bonds is 21. The van der Waals surface area contributed by atoms with Crippen molar-refractivity contribution < 1.29 is 38.2 Å². The maximum atomic E-state index is 14.3. The maximum absolute atomic E-state index is 14.3. The molecule has 0 aromatic heterocycles. The molecule has 17 heteroatoms. The summed E-state index contributed by atoms with van der Waals surface area (Å²) in [6, 6.07) is 11.8. The molecule has 0 spiro atoms. The molecule has 1 unspecified atom stereocenters. The lowest BCUT2D eigenvalue weighted by molar-refractivity contribution is -0.134. The van der Waals surface area contributed by atoms with Crippen LogP contribution in [0.4, 0.5) is 0 Å². The van der Waals surface area contributed by atoms with E-state index in [-0.39, 0.29) is 44.8 Å². The zero-order valence-corrected chi connectivity index (χ0v) is 36.4. The van der Waals surface area contributed by atoms with Crippen LogP contribution in [-0.4, -0.2) is 86.4 Å². The topological polar surface area (TPSA) is 283 Å². The summed E-state index contributed by atoms with van der Waals surface area (Å²) in [6.45, 7) is 5.67. The lowest BCUT2D eigenvalue weighted by Crippen LogP contribution is -2.56. The summed E-state index contributed by atoms with van der Waals surface area (Å²) in [5.41, 5.74) is 20.9. The number of aryl methyl sites for hydroxylation is 2. The molecule has 0 saturated heterocycles. The highest BCUT2D eigenvalue weighted by atomic mass is 16.5. The van der Waals surface area contributed by atoms with Gasteiger partial charge in [-0.3, -0.25) is 28.8 Å². The van der Waals surface area contributed by atoms with Gasteiger partial charge in [0, 0.05) is 36.2 Å². The van der Waals surface area contributed by atoms with Crippen molar-refractivity contribution in [2.45, 2.75) is 103 Å². The molecule has 3 aromatic rings. The van der Waals surface area contributed by atoms with Gasteiger partial charge in [-0.2, -0.15) is 5.26 Å². The second kappa shape index (κ2) is 24.8. The number of hydrogen-bond donors (Lipinski definition) is 8. The predicted molar refractivity (Wildman–Crippen MR) is 237 cm³/mol. The lowest BCUT2D eigenvalue weighted by Gasteiger charge is -2.27. The molecule has 0 radical (unpaired) electrons. The summed E-state index contributed by atoms with van der Waals surface area (Å²) in [5, 5.41) is 22.2. The molecular formula is C46H61N9O8. The van der Waals surface area contributed by atoms with Crippen molar-refractivity contribution >= 4 is 35.4 Å². The van der Waals surface area contributed by atoms with Gasteiger partial charge in [-0.25, -0.2) is 0 Å². The number of ether oxygens (including phenoxy) is 2. The van der Waals surface area contributed by atoms with Gasteiger partial charge in [-0.1, -0.05) is 63.3 Å². The minimum Gasteiger partial charge on any atom is -0.492 e. The Balaban J connectivity index is 1.74. The van der Waals surface area contributed by atoms with Crippen LogP contribution in [0.25, 0.3) is 11.1 Å². The number of nitrogens with one attached hydrogen (secondary N) is 5. The number of fused-ring (bicyclic) bond motifs is 5. The van der Waals surface area contributed by atoms with Gasteiger partial charge in [0.15, 0.2) is 0 Å². The number of amides is 6. The van der Waals surface area contributed by atoms with Crippen molar-refractivity contribution in [1.29, 1.82) is 5.26 Å². The van der Waals surface area contributed by atoms with Crippen molar-refractivity contribution in [3.05, 3.63) is 82.4 Å². The Hall–Kier alpha value is -6.51. The number of nitriles is 1. The molecule has 338 valence electrons. The van der Waals surface area contributed by atoms with Gasteiger partial charge in [0.1, 0.15) is 55.4 Å². The normalized spacial score (nSPS) is 16.5. The first kappa shape index (κ1) is 49.1. The summed E-state index contributed by atoms with van der Waals surface area (Å²) in [5.74, 6) is -3.92. The molecule has 3 aromatic carbocycles. The van der Waals surface area contributed by atoms with E-state index in [0.29, 0.717) is 39.3 Å². The molecule has 4 rings (SSSR count). The van der Waals surface area contributed by atoms with Crippen LogP contribution in [0, 0.1) is 18.3 Å². The smallest absolute Gasteiger partial charge is 0.252 e.